The Morgan fingerprint density at radius 2 is 2.33 bits per heavy atom. The Labute approximate surface area is 72.6 Å². The molecule has 3 heteroatoms. The zero-order valence-electron chi connectivity index (χ0n) is 7.51. The van der Waals surface area contributed by atoms with Gasteiger partial charge in [0.25, 0.3) is 0 Å². The predicted molar refractivity (Wildman–Crippen MR) is 47.0 cm³/mol. The maximum atomic E-state index is 4.46. The Morgan fingerprint density at radius 1 is 1.50 bits per heavy atom. The lowest BCUT2D eigenvalue weighted by Gasteiger charge is -2.21. The Balaban J connectivity index is 2.02. The van der Waals surface area contributed by atoms with E-state index in [1.807, 2.05) is 0 Å². The molecule has 1 aliphatic rings. The van der Waals surface area contributed by atoms with E-state index in [0.717, 1.165) is 24.5 Å². The minimum absolute atomic E-state index is 0.659. The number of H-pyrrole nitrogens is 1. The summed E-state index contributed by atoms with van der Waals surface area (Å²) < 4.78 is 0. The van der Waals surface area contributed by atoms with Gasteiger partial charge in [-0.15, -0.1) is 0 Å². The van der Waals surface area contributed by atoms with E-state index in [0.29, 0.717) is 5.92 Å². The van der Waals surface area contributed by atoms with Crippen LogP contribution in [0.4, 0.5) is 0 Å². The summed E-state index contributed by atoms with van der Waals surface area (Å²) in [7, 11) is 0. The molecule has 66 valence electrons. The maximum Gasteiger partial charge on any atom is 0.153 e. The van der Waals surface area contributed by atoms with Gasteiger partial charge in [0.05, 0.1) is 0 Å². The van der Waals surface area contributed by atoms with Crippen LogP contribution in [0, 0.1) is 0 Å². The monoisotopic (exact) mass is 165 g/mol. The number of aryl methyl sites for hydroxylation is 1. The molecule has 0 bridgehead atoms. The Morgan fingerprint density at radius 3 is 2.92 bits per heavy atom. The standard InChI is InChI=1S/C9H15N3/c1-2-4-8-10-9(12-11-8)7-5-3-6-7/h7H,2-6H2,1H3,(H,10,11,12). The van der Waals surface area contributed by atoms with Crippen molar-refractivity contribution in [2.75, 3.05) is 0 Å². The first-order valence-electron chi connectivity index (χ1n) is 4.81. The number of nitrogens with zero attached hydrogens (tertiary/aromatic N) is 2. The molecular weight excluding hydrogens is 150 g/mol. The van der Waals surface area contributed by atoms with Crippen molar-refractivity contribution in [3.8, 4) is 0 Å². The molecule has 0 spiro atoms. The summed E-state index contributed by atoms with van der Waals surface area (Å²) in [6.07, 6.45) is 6.08. The molecule has 0 atom stereocenters. The van der Waals surface area contributed by atoms with Gasteiger partial charge in [-0.2, -0.15) is 5.10 Å². The summed E-state index contributed by atoms with van der Waals surface area (Å²) in [4.78, 5) is 4.46. The van der Waals surface area contributed by atoms with E-state index in [1.54, 1.807) is 0 Å². The fraction of sp³-hybridized carbons (Fsp3) is 0.778. The van der Waals surface area contributed by atoms with Crippen molar-refractivity contribution in [2.24, 2.45) is 0 Å². The summed E-state index contributed by atoms with van der Waals surface area (Å²) in [5.74, 6) is 2.76. The van der Waals surface area contributed by atoms with Gasteiger partial charge in [-0.3, -0.25) is 5.10 Å². The number of hydrogen-bond acceptors (Lipinski definition) is 2. The summed E-state index contributed by atoms with van der Waals surface area (Å²) in [6, 6.07) is 0. The van der Waals surface area contributed by atoms with Gasteiger partial charge >= 0.3 is 0 Å². The molecule has 0 amide bonds. The van der Waals surface area contributed by atoms with Crippen molar-refractivity contribution in [2.45, 2.75) is 44.9 Å². The van der Waals surface area contributed by atoms with Gasteiger partial charge in [-0.1, -0.05) is 13.3 Å². The van der Waals surface area contributed by atoms with Crippen molar-refractivity contribution in [3.63, 3.8) is 0 Å². The molecule has 2 rings (SSSR count). The molecule has 3 nitrogen and oxygen atoms in total. The Kier molecular flexibility index (Phi) is 2.11. The second kappa shape index (κ2) is 3.25. The van der Waals surface area contributed by atoms with Gasteiger partial charge in [0.15, 0.2) is 5.82 Å². The average molecular weight is 165 g/mol. The molecule has 1 aromatic heterocycles. The molecule has 1 saturated carbocycles. The van der Waals surface area contributed by atoms with Crippen LogP contribution in [0.25, 0.3) is 0 Å². The molecule has 0 radical (unpaired) electrons. The lowest BCUT2D eigenvalue weighted by Crippen LogP contribution is -2.10. The molecule has 1 N–H and O–H groups in total. The molecule has 0 aromatic carbocycles. The smallest absolute Gasteiger partial charge is 0.153 e. The highest BCUT2D eigenvalue weighted by Gasteiger charge is 2.23. The number of rotatable bonds is 3. The van der Waals surface area contributed by atoms with Crippen molar-refractivity contribution in [1.82, 2.24) is 15.2 Å². The lowest BCUT2D eigenvalue weighted by molar-refractivity contribution is 0.402. The van der Waals surface area contributed by atoms with Crippen molar-refractivity contribution >= 4 is 0 Å². The van der Waals surface area contributed by atoms with Crippen LogP contribution < -0.4 is 0 Å². The first kappa shape index (κ1) is 7.77. The van der Waals surface area contributed by atoms with E-state index < -0.39 is 0 Å². The molecule has 1 heterocycles. The third-order valence-corrected chi connectivity index (χ3v) is 2.51. The van der Waals surface area contributed by atoms with Gasteiger partial charge in [-0.05, 0) is 19.3 Å². The van der Waals surface area contributed by atoms with Gasteiger partial charge < -0.3 is 0 Å². The SMILES string of the molecule is CCCc1nc(C2CCC2)n[nH]1. The number of aromatic amines is 1. The number of nitrogens with one attached hydrogen (secondary N) is 1. The first-order valence-corrected chi connectivity index (χ1v) is 4.81. The van der Waals surface area contributed by atoms with E-state index in [1.165, 1.54) is 19.3 Å². The number of aromatic nitrogens is 3. The van der Waals surface area contributed by atoms with Crippen LogP contribution in [0.2, 0.25) is 0 Å². The largest absolute Gasteiger partial charge is 0.263 e. The lowest BCUT2D eigenvalue weighted by atomic mass is 9.85. The summed E-state index contributed by atoms with van der Waals surface area (Å²) in [5, 5.41) is 7.22. The van der Waals surface area contributed by atoms with E-state index in [9.17, 15) is 0 Å². The van der Waals surface area contributed by atoms with E-state index >= 15 is 0 Å². The van der Waals surface area contributed by atoms with Crippen LogP contribution in [0.3, 0.4) is 0 Å². The van der Waals surface area contributed by atoms with Gasteiger partial charge in [0.1, 0.15) is 5.82 Å². The Hall–Kier alpha value is -0.860. The summed E-state index contributed by atoms with van der Waals surface area (Å²) in [5.41, 5.74) is 0. The molecular formula is C9H15N3. The molecule has 1 aromatic rings. The minimum Gasteiger partial charge on any atom is -0.263 e. The molecule has 0 aliphatic heterocycles. The molecule has 0 saturated heterocycles. The third-order valence-electron chi connectivity index (χ3n) is 2.51. The highest BCUT2D eigenvalue weighted by molar-refractivity contribution is 5.01. The van der Waals surface area contributed by atoms with Gasteiger partial charge in [-0.25, -0.2) is 4.98 Å². The third kappa shape index (κ3) is 1.36. The van der Waals surface area contributed by atoms with Crippen molar-refractivity contribution in [1.29, 1.82) is 0 Å². The quantitative estimate of drug-likeness (QED) is 0.744. The fourth-order valence-electron chi connectivity index (χ4n) is 1.51. The van der Waals surface area contributed by atoms with Crippen LogP contribution in [-0.2, 0) is 6.42 Å². The molecule has 1 fully saturated rings. The van der Waals surface area contributed by atoms with Crippen LogP contribution >= 0.6 is 0 Å². The van der Waals surface area contributed by atoms with Crippen LogP contribution in [-0.4, -0.2) is 15.2 Å². The van der Waals surface area contributed by atoms with E-state index in [-0.39, 0.29) is 0 Å². The molecule has 12 heavy (non-hydrogen) atoms. The normalized spacial score (nSPS) is 17.8. The van der Waals surface area contributed by atoms with Gasteiger partial charge in [0, 0.05) is 12.3 Å². The highest BCUT2D eigenvalue weighted by atomic mass is 15.2. The summed E-state index contributed by atoms with van der Waals surface area (Å²) in [6.45, 7) is 2.16. The fourth-order valence-corrected chi connectivity index (χ4v) is 1.51. The predicted octanol–water partition coefficient (Wildman–Crippen LogP) is 2.02. The van der Waals surface area contributed by atoms with Crippen LogP contribution in [0.5, 0.6) is 0 Å². The second-order valence-corrected chi connectivity index (χ2v) is 3.52. The second-order valence-electron chi connectivity index (χ2n) is 3.52. The van der Waals surface area contributed by atoms with E-state index in [4.69, 9.17) is 0 Å². The Bertz CT molecular complexity index is 250. The van der Waals surface area contributed by atoms with Crippen molar-refractivity contribution in [3.05, 3.63) is 11.6 Å². The molecule has 0 unspecified atom stereocenters. The minimum atomic E-state index is 0.659. The van der Waals surface area contributed by atoms with Gasteiger partial charge in [0.2, 0.25) is 0 Å². The van der Waals surface area contributed by atoms with Crippen molar-refractivity contribution < 1.29 is 0 Å². The zero-order chi connectivity index (χ0) is 8.39. The average Bonchev–Trinajstić information content (AvgIpc) is 2.34. The summed E-state index contributed by atoms with van der Waals surface area (Å²) >= 11 is 0. The number of hydrogen-bond donors (Lipinski definition) is 1. The highest BCUT2D eigenvalue weighted by Crippen LogP contribution is 2.33. The van der Waals surface area contributed by atoms with Crippen LogP contribution in [0.1, 0.15) is 50.2 Å². The van der Waals surface area contributed by atoms with E-state index in [2.05, 4.69) is 22.1 Å². The topological polar surface area (TPSA) is 41.6 Å². The van der Waals surface area contributed by atoms with Crippen LogP contribution in [0.15, 0.2) is 0 Å². The molecule has 1 aliphatic carbocycles. The zero-order valence-corrected chi connectivity index (χ0v) is 7.51. The maximum absolute atomic E-state index is 4.46. The first-order chi connectivity index (χ1) is 5.90.